The Morgan fingerprint density at radius 3 is 2.41 bits per heavy atom. The largest absolute Gasteiger partial charge is 0.506 e. The van der Waals surface area contributed by atoms with Crippen molar-refractivity contribution in [2.45, 2.75) is 6.54 Å². The molecule has 0 radical (unpaired) electrons. The van der Waals surface area contributed by atoms with Crippen molar-refractivity contribution in [1.82, 2.24) is 10.2 Å². The predicted molar refractivity (Wildman–Crippen MR) is 121 cm³/mol. The third kappa shape index (κ3) is 5.18. The first kappa shape index (κ1) is 21.1. The number of ether oxygens (including phenoxy) is 1. The number of anilines is 1. The highest BCUT2D eigenvalue weighted by molar-refractivity contribution is 14.0. The summed E-state index contributed by atoms with van der Waals surface area (Å²) in [7, 11) is 3.49. The predicted octanol–water partition coefficient (Wildman–Crippen LogP) is 2.92. The minimum absolute atomic E-state index is 0. The molecule has 0 aromatic heterocycles. The van der Waals surface area contributed by atoms with Crippen LogP contribution in [0.3, 0.4) is 0 Å². The molecule has 27 heavy (non-hydrogen) atoms. The lowest BCUT2D eigenvalue weighted by molar-refractivity contribution is 0.368. The summed E-state index contributed by atoms with van der Waals surface area (Å²) in [5.74, 6) is 2.09. The van der Waals surface area contributed by atoms with Crippen molar-refractivity contribution in [2.75, 3.05) is 45.2 Å². The van der Waals surface area contributed by atoms with Crippen LogP contribution < -0.4 is 15.0 Å². The van der Waals surface area contributed by atoms with Crippen molar-refractivity contribution in [1.29, 1.82) is 0 Å². The van der Waals surface area contributed by atoms with Gasteiger partial charge in [-0.05, 0) is 18.2 Å². The topological polar surface area (TPSA) is 60.3 Å². The summed E-state index contributed by atoms with van der Waals surface area (Å²) in [5.41, 5.74) is 1.99. The Bertz CT molecular complexity index is 761. The van der Waals surface area contributed by atoms with Crippen molar-refractivity contribution in [3.8, 4) is 11.5 Å². The molecule has 1 aliphatic heterocycles. The highest BCUT2D eigenvalue weighted by atomic mass is 127. The Balaban J connectivity index is 0.00000261. The number of nitrogens with one attached hydrogen (secondary N) is 1. The number of aromatic hydroxyl groups is 1. The third-order valence-electron chi connectivity index (χ3n) is 4.64. The van der Waals surface area contributed by atoms with E-state index in [1.54, 1.807) is 20.2 Å². The van der Waals surface area contributed by atoms with Gasteiger partial charge in [-0.25, -0.2) is 0 Å². The zero-order valence-corrected chi connectivity index (χ0v) is 18.1. The van der Waals surface area contributed by atoms with Gasteiger partial charge in [0.15, 0.2) is 5.96 Å². The molecule has 1 fully saturated rings. The minimum atomic E-state index is 0. The van der Waals surface area contributed by atoms with E-state index in [2.05, 4.69) is 26.2 Å². The summed E-state index contributed by atoms with van der Waals surface area (Å²) in [6.07, 6.45) is 0. The van der Waals surface area contributed by atoms with Crippen LogP contribution in [-0.4, -0.2) is 56.3 Å². The van der Waals surface area contributed by atoms with Crippen LogP contribution in [0.5, 0.6) is 11.5 Å². The van der Waals surface area contributed by atoms with Crippen molar-refractivity contribution < 1.29 is 9.84 Å². The van der Waals surface area contributed by atoms with Crippen molar-refractivity contribution in [3.63, 3.8) is 0 Å². The fraction of sp³-hybridized carbons (Fsp3) is 0.350. The standard InChI is InChI=1S/C20H26N4O2.HI/c1-21-20(22-15-16-7-3-6-10-19(16)26-2)24-13-11-23(12-14-24)17-8-4-5-9-18(17)25;/h3-10,25H,11-15H2,1-2H3,(H,21,22);1H. The average molecular weight is 482 g/mol. The molecule has 7 heteroatoms. The van der Waals surface area contributed by atoms with Crippen molar-refractivity contribution >= 4 is 35.6 Å². The SMILES string of the molecule is CN=C(NCc1ccccc1OC)N1CCN(c2ccccc2O)CC1.I. The second-order valence-corrected chi connectivity index (χ2v) is 6.18. The number of benzene rings is 2. The Morgan fingerprint density at radius 2 is 1.74 bits per heavy atom. The van der Waals surface area contributed by atoms with Crippen LogP contribution in [0.2, 0.25) is 0 Å². The second-order valence-electron chi connectivity index (χ2n) is 6.18. The van der Waals surface area contributed by atoms with Gasteiger partial charge in [0, 0.05) is 45.3 Å². The van der Waals surface area contributed by atoms with Crippen LogP contribution in [-0.2, 0) is 6.54 Å². The molecule has 0 aliphatic carbocycles. The monoisotopic (exact) mass is 482 g/mol. The van der Waals surface area contributed by atoms with E-state index >= 15 is 0 Å². The minimum Gasteiger partial charge on any atom is -0.506 e. The fourth-order valence-corrected chi connectivity index (χ4v) is 3.25. The van der Waals surface area contributed by atoms with Crippen LogP contribution in [0.4, 0.5) is 5.69 Å². The first-order valence-electron chi connectivity index (χ1n) is 8.83. The van der Waals surface area contributed by atoms with Crippen molar-refractivity contribution in [2.24, 2.45) is 4.99 Å². The molecule has 1 aliphatic rings. The van der Waals surface area contributed by atoms with E-state index in [1.165, 1.54) is 0 Å². The molecule has 2 aromatic rings. The first-order valence-corrected chi connectivity index (χ1v) is 8.83. The smallest absolute Gasteiger partial charge is 0.194 e. The number of hydrogen-bond donors (Lipinski definition) is 2. The van der Waals surface area contributed by atoms with Crippen LogP contribution in [0, 0.1) is 0 Å². The summed E-state index contributed by atoms with van der Waals surface area (Å²) < 4.78 is 5.41. The summed E-state index contributed by atoms with van der Waals surface area (Å²) >= 11 is 0. The number of phenolic OH excluding ortho intramolecular Hbond substituents is 1. The van der Waals surface area contributed by atoms with Gasteiger partial charge >= 0.3 is 0 Å². The van der Waals surface area contributed by atoms with Crippen molar-refractivity contribution in [3.05, 3.63) is 54.1 Å². The zero-order valence-electron chi connectivity index (χ0n) is 15.8. The quantitative estimate of drug-likeness (QED) is 0.399. The van der Waals surface area contributed by atoms with Gasteiger partial charge in [0.1, 0.15) is 11.5 Å². The van der Waals surface area contributed by atoms with Gasteiger partial charge < -0.3 is 25.0 Å². The van der Waals surface area contributed by atoms with Crippen LogP contribution in [0.15, 0.2) is 53.5 Å². The van der Waals surface area contributed by atoms with Gasteiger partial charge in [-0.15, -0.1) is 24.0 Å². The van der Waals surface area contributed by atoms with E-state index < -0.39 is 0 Å². The van der Waals surface area contributed by atoms with Gasteiger partial charge in [-0.1, -0.05) is 30.3 Å². The molecule has 146 valence electrons. The number of phenols is 1. The molecular weight excluding hydrogens is 455 g/mol. The molecular formula is C20H27IN4O2. The molecule has 2 N–H and O–H groups in total. The number of para-hydroxylation sites is 3. The normalized spacial score (nSPS) is 14.5. The molecule has 3 rings (SSSR count). The molecule has 0 amide bonds. The van der Waals surface area contributed by atoms with Crippen LogP contribution in [0.25, 0.3) is 0 Å². The maximum absolute atomic E-state index is 10.0. The summed E-state index contributed by atoms with van der Waals surface area (Å²) in [5, 5.41) is 13.5. The Kier molecular flexibility index (Phi) is 8.02. The lowest BCUT2D eigenvalue weighted by Crippen LogP contribution is -2.52. The fourth-order valence-electron chi connectivity index (χ4n) is 3.25. The maximum Gasteiger partial charge on any atom is 0.194 e. The number of nitrogens with zero attached hydrogens (tertiary/aromatic N) is 3. The van der Waals surface area contributed by atoms with E-state index in [9.17, 15) is 5.11 Å². The Labute approximate surface area is 177 Å². The molecule has 0 spiro atoms. The number of hydrogen-bond acceptors (Lipinski definition) is 4. The van der Waals surface area contributed by atoms with Gasteiger partial charge in [-0.3, -0.25) is 4.99 Å². The highest BCUT2D eigenvalue weighted by Crippen LogP contribution is 2.27. The zero-order chi connectivity index (χ0) is 18.4. The van der Waals surface area contributed by atoms with Gasteiger partial charge in [0.2, 0.25) is 0 Å². The maximum atomic E-state index is 10.0. The van der Waals surface area contributed by atoms with Crippen LogP contribution in [0.1, 0.15) is 5.56 Å². The number of methoxy groups -OCH3 is 1. The molecule has 1 heterocycles. The number of piperazine rings is 1. The lowest BCUT2D eigenvalue weighted by Gasteiger charge is -2.37. The molecule has 1 saturated heterocycles. The first-order chi connectivity index (χ1) is 12.7. The summed E-state index contributed by atoms with van der Waals surface area (Å²) in [6.45, 7) is 4.04. The number of aliphatic imine (C=N–C) groups is 1. The van der Waals surface area contributed by atoms with Gasteiger partial charge in [0.05, 0.1) is 12.8 Å². The molecule has 6 nitrogen and oxygen atoms in total. The highest BCUT2D eigenvalue weighted by Gasteiger charge is 2.21. The molecule has 2 aromatic carbocycles. The Hall–Kier alpha value is -2.16. The molecule has 0 saturated carbocycles. The molecule has 0 bridgehead atoms. The van der Waals surface area contributed by atoms with E-state index in [4.69, 9.17) is 4.74 Å². The molecule has 0 atom stereocenters. The number of rotatable bonds is 4. The van der Waals surface area contributed by atoms with E-state index in [0.29, 0.717) is 12.3 Å². The number of halogens is 1. The van der Waals surface area contributed by atoms with E-state index in [-0.39, 0.29) is 24.0 Å². The summed E-state index contributed by atoms with van der Waals surface area (Å²) in [4.78, 5) is 8.87. The van der Waals surface area contributed by atoms with E-state index in [0.717, 1.165) is 49.1 Å². The van der Waals surface area contributed by atoms with Crippen LogP contribution >= 0.6 is 24.0 Å². The second kappa shape index (κ2) is 10.2. The van der Waals surface area contributed by atoms with Gasteiger partial charge in [-0.2, -0.15) is 0 Å². The summed E-state index contributed by atoms with van der Waals surface area (Å²) in [6, 6.07) is 15.5. The third-order valence-corrected chi connectivity index (χ3v) is 4.64. The number of guanidine groups is 1. The van der Waals surface area contributed by atoms with E-state index in [1.807, 2.05) is 36.4 Å². The average Bonchev–Trinajstić information content (AvgIpc) is 2.70. The Morgan fingerprint density at radius 1 is 1.07 bits per heavy atom. The van der Waals surface area contributed by atoms with Gasteiger partial charge in [0.25, 0.3) is 0 Å². The molecule has 0 unspecified atom stereocenters. The lowest BCUT2D eigenvalue weighted by atomic mass is 10.2.